The van der Waals surface area contributed by atoms with E-state index in [-0.39, 0.29) is 12.6 Å². The summed E-state index contributed by atoms with van der Waals surface area (Å²) < 4.78 is 1.68. The maximum absolute atomic E-state index is 12.9. The topological polar surface area (TPSA) is 67.2 Å². The van der Waals surface area contributed by atoms with Crippen molar-refractivity contribution in [2.45, 2.75) is 19.9 Å². The highest BCUT2D eigenvalue weighted by molar-refractivity contribution is 6.43. The molecule has 0 radical (unpaired) electrons. The van der Waals surface area contributed by atoms with Crippen molar-refractivity contribution in [3.8, 4) is 5.69 Å². The number of benzene rings is 2. The lowest BCUT2D eigenvalue weighted by Gasteiger charge is -2.25. The van der Waals surface area contributed by atoms with Crippen molar-refractivity contribution in [1.82, 2.24) is 20.0 Å². The van der Waals surface area contributed by atoms with Gasteiger partial charge in [-0.25, -0.2) is 4.68 Å². The van der Waals surface area contributed by atoms with E-state index in [0.717, 1.165) is 11.3 Å². The molecule has 1 amide bonds. The van der Waals surface area contributed by atoms with Crippen LogP contribution >= 0.6 is 11.6 Å². The Morgan fingerprint density at radius 1 is 1.07 bits per heavy atom. The summed E-state index contributed by atoms with van der Waals surface area (Å²) in [4.78, 5) is 27.6. The van der Waals surface area contributed by atoms with E-state index in [1.165, 1.54) is 0 Å². The average Bonchev–Trinajstić information content (AvgIpc) is 3.03. The maximum Gasteiger partial charge on any atom is 0.292 e. The fourth-order valence-corrected chi connectivity index (χ4v) is 3.75. The van der Waals surface area contributed by atoms with Crippen LogP contribution in [0, 0.1) is 13.8 Å². The number of aryl methyl sites for hydroxylation is 1. The molecule has 3 aromatic rings. The Morgan fingerprint density at radius 3 is 2.33 bits per heavy atom. The van der Waals surface area contributed by atoms with Crippen LogP contribution in [-0.4, -0.2) is 47.0 Å². The van der Waals surface area contributed by atoms with Gasteiger partial charge in [-0.1, -0.05) is 48.0 Å². The van der Waals surface area contributed by atoms with Crippen LogP contribution in [0.15, 0.2) is 54.6 Å². The molecule has 1 aromatic heterocycles. The molecule has 0 saturated heterocycles. The minimum atomic E-state index is -0.660. The first kappa shape index (κ1) is 21.7. The van der Waals surface area contributed by atoms with Gasteiger partial charge in [0.25, 0.3) is 11.7 Å². The van der Waals surface area contributed by atoms with Crippen LogP contribution in [0.2, 0.25) is 5.02 Å². The number of ketones is 1. The van der Waals surface area contributed by atoms with Crippen molar-refractivity contribution in [2.75, 3.05) is 20.6 Å². The zero-order valence-electron chi connectivity index (χ0n) is 17.5. The first-order valence-corrected chi connectivity index (χ1v) is 10.0. The molecule has 0 saturated carbocycles. The molecule has 30 heavy (non-hydrogen) atoms. The molecule has 3 rings (SSSR count). The smallest absolute Gasteiger partial charge is 0.292 e. The fraction of sp³-hybridized carbons (Fsp3) is 0.261. The summed E-state index contributed by atoms with van der Waals surface area (Å²) in [6, 6.07) is 16.8. The van der Waals surface area contributed by atoms with E-state index < -0.39 is 11.7 Å². The first-order valence-electron chi connectivity index (χ1n) is 9.66. The SMILES string of the molecule is Cc1nn(-c2ccccc2)c(C)c1C(=O)C(=O)NC[C@@H](c1ccccc1Cl)N(C)C. The van der Waals surface area contributed by atoms with Crippen molar-refractivity contribution < 1.29 is 9.59 Å². The molecular formula is C23H25ClN4O2. The summed E-state index contributed by atoms with van der Waals surface area (Å²) >= 11 is 6.32. The van der Waals surface area contributed by atoms with Gasteiger partial charge in [0.05, 0.1) is 28.7 Å². The summed E-state index contributed by atoms with van der Waals surface area (Å²) in [5.74, 6) is -1.25. The van der Waals surface area contributed by atoms with Crippen LogP contribution in [0.3, 0.4) is 0 Å². The minimum absolute atomic E-state index is 0.162. The largest absolute Gasteiger partial charge is 0.347 e. The van der Waals surface area contributed by atoms with Crippen molar-refractivity contribution in [3.63, 3.8) is 0 Å². The van der Waals surface area contributed by atoms with Gasteiger partial charge in [0.15, 0.2) is 0 Å². The quantitative estimate of drug-likeness (QED) is 0.463. The summed E-state index contributed by atoms with van der Waals surface area (Å²) in [5, 5.41) is 7.84. The molecule has 1 atom stereocenters. The number of carbonyl (C=O) groups excluding carboxylic acids is 2. The van der Waals surface area contributed by atoms with Crippen molar-refractivity contribution >= 4 is 23.3 Å². The highest BCUT2D eigenvalue weighted by atomic mass is 35.5. The van der Waals surface area contributed by atoms with Gasteiger partial charge < -0.3 is 10.2 Å². The average molecular weight is 425 g/mol. The van der Waals surface area contributed by atoms with Crippen molar-refractivity contribution in [3.05, 3.63) is 82.1 Å². The minimum Gasteiger partial charge on any atom is -0.347 e. The molecule has 0 aliphatic rings. The third kappa shape index (κ3) is 4.45. The normalized spacial score (nSPS) is 12.1. The first-order chi connectivity index (χ1) is 14.3. The number of Topliss-reactive ketones (excluding diaryl/α,β-unsaturated/α-hetero) is 1. The Kier molecular flexibility index (Phi) is 6.70. The Bertz CT molecular complexity index is 1060. The number of carbonyl (C=O) groups is 2. The molecule has 0 unspecified atom stereocenters. The Balaban J connectivity index is 1.79. The van der Waals surface area contributed by atoms with E-state index >= 15 is 0 Å². The predicted molar refractivity (Wildman–Crippen MR) is 118 cm³/mol. The number of amides is 1. The molecule has 0 bridgehead atoms. The van der Waals surface area contributed by atoms with Crippen LogP contribution in [-0.2, 0) is 4.79 Å². The predicted octanol–water partition coefficient (Wildman–Crippen LogP) is 3.74. The number of aromatic nitrogens is 2. The summed E-state index contributed by atoms with van der Waals surface area (Å²) in [6.45, 7) is 3.78. The van der Waals surface area contributed by atoms with Gasteiger partial charge >= 0.3 is 0 Å². The van der Waals surface area contributed by atoms with Crippen molar-refractivity contribution in [2.24, 2.45) is 0 Å². The second-order valence-corrected chi connectivity index (χ2v) is 7.74. The number of halogens is 1. The van der Waals surface area contributed by atoms with E-state index in [1.54, 1.807) is 18.5 Å². The standard InChI is InChI=1S/C23H25ClN4O2/c1-15-21(16(2)28(26-15)17-10-6-5-7-11-17)22(29)23(30)25-14-20(27(3)4)18-12-8-9-13-19(18)24/h5-13,20H,14H2,1-4H3,(H,25,30)/t20-/m0/s1. The highest BCUT2D eigenvalue weighted by Crippen LogP contribution is 2.25. The number of hydrogen-bond donors (Lipinski definition) is 1. The maximum atomic E-state index is 12.9. The van der Waals surface area contributed by atoms with Crippen molar-refractivity contribution in [1.29, 1.82) is 0 Å². The number of nitrogens with zero attached hydrogens (tertiary/aromatic N) is 3. The molecule has 1 heterocycles. The molecule has 0 aliphatic carbocycles. The van der Waals surface area contributed by atoms with Gasteiger partial charge in [0, 0.05) is 11.6 Å². The van der Waals surface area contributed by atoms with E-state index in [0.29, 0.717) is 22.0 Å². The van der Waals surface area contributed by atoms with Crippen LogP contribution in [0.5, 0.6) is 0 Å². The molecule has 2 aromatic carbocycles. The summed E-state index contributed by atoms with van der Waals surface area (Å²) in [6.07, 6.45) is 0. The number of likely N-dealkylation sites (N-methyl/N-ethyl adjacent to an activating group) is 1. The second kappa shape index (κ2) is 9.24. The fourth-order valence-electron chi connectivity index (χ4n) is 3.49. The number of para-hydroxylation sites is 1. The second-order valence-electron chi connectivity index (χ2n) is 7.33. The van der Waals surface area contributed by atoms with Crippen LogP contribution in [0.1, 0.15) is 33.4 Å². The molecule has 0 aliphatic heterocycles. The zero-order chi connectivity index (χ0) is 21.8. The Labute approximate surface area is 181 Å². The monoisotopic (exact) mass is 424 g/mol. The Hall–Kier alpha value is -2.96. The number of nitrogens with one attached hydrogen (secondary N) is 1. The van der Waals surface area contributed by atoms with Gasteiger partial charge in [0.2, 0.25) is 0 Å². The summed E-state index contributed by atoms with van der Waals surface area (Å²) in [7, 11) is 3.81. The number of hydrogen-bond acceptors (Lipinski definition) is 4. The van der Waals surface area contributed by atoms with E-state index in [4.69, 9.17) is 11.6 Å². The molecular weight excluding hydrogens is 400 g/mol. The molecule has 6 nitrogen and oxygen atoms in total. The molecule has 0 fully saturated rings. The van der Waals surface area contributed by atoms with Gasteiger partial charge in [0.1, 0.15) is 0 Å². The third-order valence-corrected chi connectivity index (χ3v) is 5.41. The van der Waals surface area contributed by atoms with Gasteiger partial charge in [-0.3, -0.25) is 9.59 Å². The lowest BCUT2D eigenvalue weighted by Crippen LogP contribution is -2.38. The zero-order valence-corrected chi connectivity index (χ0v) is 18.3. The van der Waals surface area contributed by atoms with Gasteiger partial charge in [-0.05, 0) is 51.7 Å². The van der Waals surface area contributed by atoms with Gasteiger partial charge in [-0.15, -0.1) is 0 Å². The molecule has 1 N–H and O–H groups in total. The third-order valence-electron chi connectivity index (χ3n) is 5.07. The molecule has 7 heteroatoms. The van der Waals surface area contributed by atoms with Crippen LogP contribution < -0.4 is 5.32 Å². The Morgan fingerprint density at radius 2 is 1.70 bits per heavy atom. The van der Waals surface area contributed by atoms with E-state index in [9.17, 15) is 9.59 Å². The number of rotatable bonds is 7. The molecule has 156 valence electrons. The lowest BCUT2D eigenvalue weighted by atomic mass is 10.0. The van der Waals surface area contributed by atoms with E-state index in [1.807, 2.05) is 73.6 Å². The van der Waals surface area contributed by atoms with E-state index in [2.05, 4.69) is 10.4 Å². The van der Waals surface area contributed by atoms with Crippen LogP contribution in [0.4, 0.5) is 0 Å². The summed E-state index contributed by atoms with van der Waals surface area (Å²) in [5.41, 5.74) is 3.21. The van der Waals surface area contributed by atoms with Crippen LogP contribution in [0.25, 0.3) is 5.69 Å². The lowest BCUT2D eigenvalue weighted by molar-refractivity contribution is -0.117. The molecule has 0 spiro atoms. The highest BCUT2D eigenvalue weighted by Gasteiger charge is 2.26. The van der Waals surface area contributed by atoms with Gasteiger partial charge in [-0.2, -0.15) is 5.10 Å².